The van der Waals surface area contributed by atoms with Gasteiger partial charge in [-0.1, -0.05) is 291 Å². The molecule has 0 aliphatic heterocycles. The van der Waals surface area contributed by atoms with Crippen molar-refractivity contribution in [2.45, 2.75) is 0 Å². The van der Waals surface area contributed by atoms with Crippen molar-refractivity contribution in [3.63, 3.8) is 0 Å². The Morgan fingerprint density at radius 1 is 0.113 bits per heavy atom. The normalized spacial score (nSPS) is 11.6. The predicted molar refractivity (Wildman–Crippen MR) is 448 cm³/mol. The van der Waals surface area contributed by atoms with E-state index in [0.717, 1.165) is 22.7 Å². The molecular weight excluding hydrogens is 1280 g/mol. The van der Waals surface area contributed by atoms with Crippen LogP contribution < -0.4 is 0 Å². The van der Waals surface area contributed by atoms with Crippen LogP contribution in [0.25, 0.3) is 188 Å². The summed E-state index contributed by atoms with van der Waals surface area (Å²) in [6.07, 6.45) is 0. The summed E-state index contributed by atoms with van der Waals surface area (Å²) in [5, 5.41) is 10.0. The maximum atomic E-state index is 2.43. The highest BCUT2D eigenvalue weighted by molar-refractivity contribution is 6.15. The molecule has 0 N–H and O–H groups in total. The maximum Gasteiger partial charge on any atom is 0.0541 e. The fraction of sp³-hybridized carbons (Fsp3) is 0. The van der Waals surface area contributed by atoms with Crippen LogP contribution in [0.15, 0.2) is 413 Å². The lowest BCUT2D eigenvalue weighted by Gasteiger charge is -2.15. The summed E-state index contributed by atoms with van der Waals surface area (Å²) in [6.45, 7) is 0. The van der Waals surface area contributed by atoms with E-state index in [1.807, 2.05) is 0 Å². The number of para-hydroxylation sites is 4. The first kappa shape index (κ1) is 61.8. The Hall–Kier alpha value is -14.1. The van der Waals surface area contributed by atoms with Crippen molar-refractivity contribution in [1.82, 2.24) is 18.3 Å². The van der Waals surface area contributed by atoms with Crippen LogP contribution in [0.5, 0.6) is 0 Å². The van der Waals surface area contributed by atoms with Crippen LogP contribution in [0.2, 0.25) is 0 Å². The van der Waals surface area contributed by atoms with E-state index in [2.05, 4.69) is 431 Å². The molecule has 0 radical (unpaired) electrons. The summed E-state index contributed by atoms with van der Waals surface area (Å²) in [6, 6.07) is 150. The fourth-order valence-electron chi connectivity index (χ4n) is 16.5. The van der Waals surface area contributed by atoms with Crippen LogP contribution in [0, 0.1) is 0 Å². The van der Waals surface area contributed by atoms with Gasteiger partial charge < -0.3 is 18.3 Å². The number of benzene rings is 17. The van der Waals surface area contributed by atoms with E-state index in [-0.39, 0.29) is 0 Å². The van der Waals surface area contributed by atoms with Crippen molar-refractivity contribution in [2.75, 3.05) is 0 Å². The molecule has 0 saturated carbocycles. The third-order valence-electron chi connectivity index (χ3n) is 21.4. The minimum Gasteiger partial charge on any atom is -0.309 e. The first-order valence-electron chi connectivity index (χ1n) is 36.5. The molecular formula is C102H68N4. The van der Waals surface area contributed by atoms with Gasteiger partial charge in [0, 0.05) is 65.8 Å². The Morgan fingerprint density at radius 3 is 0.642 bits per heavy atom. The summed E-state index contributed by atoms with van der Waals surface area (Å²) < 4.78 is 9.64. The SMILES string of the molecule is c1ccc(-c2cccc(-n3c4ccccc4c4cc(-c5ccc6c(c5)c5ccccc5n6-c5ccc(-c6ccccc6)c(-c6ccccc6)c5)ccc43)c2)cc1.c1ccc(-c2cccc(-n3c4ccccc4c4cc(-c5ccc6c(c5)c5ccccc5n6-c5cccc(-c6ccccc6)c5)ccc43)c2)cc1. The monoisotopic (exact) mass is 1350 g/mol. The summed E-state index contributed by atoms with van der Waals surface area (Å²) >= 11 is 0. The first-order valence-corrected chi connectivity index (χ1v) is 36.5. The van der Waals surface area contributed by atoms with Crippen molar-refractivity contribution >= 4 is 87.2 Å². The molecule has 17 aromatic carbocycles. The molecule has 0 aliphatic rings. The number of aromatic nitrogens is 4. The van der Waals surface area contributed by atoms with Crippen LogP contribution in [0.1, 0.15) is 0 Å². The Labute approximate surface area is 614 Å². The van der Waals surface area contributed by atoms with Crippen LogP contribution in [0.3, 0.4) is 0 Å². The molecule has 4 nitrogen and oxygen atoms in total. The largest absolute Gasteiger partial charge is 0.309 e. The zero-order chi connectivity index (χ0) is 70.0. The molecule has 21 rings (SSSR count). The molecule has 106 heavy (non-hydrogen) atoms. The topological polar surface area (TPSA) is 19.7 Å². The lowest BCUT2D eigenvalue weighted by molar-refractivity contribution is 1.18. The highest BCUT2D eigenvalue weighted by Crippen LogP contribution is 2.44. The zero-order valence-electron chi connectivity index (χ0n) is 58.0. The second kappa shape index (κ2) is 26.1. The molecule has 4 heterocycles. The number of hydrogen-bond donors (Lipinski definition) is 0. The van der Waals surface area contributed by atoms with Gasteiger partial charge in [-0.25, -0.2) is 0 Å². The minimum atomic E-state index is 1.15. The van der Waals surface area contributed by atoms with Crippen LogP contribution in [-0.2, 0) is 0 Å². The van der Waals surface area contributed by atoms with Gasteiger partial charge in [-0.05, 0) is 199 Å². The average molecular weight is 1350 g/mol. The molecule has 0 fully saturated rings. The van der Waals surface area contributed by atoms with Gasteiger partial charge in [-0.2, -0.15) is 0 Å². The second-order valence-electron chi connectivity index (χ2n) is 27.5. The molecule has 0 unspecified atom stereocenters. The van der Waals surface area contributed by atoms with Crippen LogP contribution >= 0.6 is 0 Å². The predicted octanol–water partition coefficient (Wildman–Crippen LogP) is 27.4. The number of hydrogen-bond acceptors (Lipinski definition) is 0. The molecule has 0 amide bonds. The highest BCUT2D eigenvalue weighted by atomic mass is 15.0. The van der Waals surface area contributed by atoms with Crippen molar-refractivity contribution in [2.24, 2.45) is 0 Å². The molecule has 0 spiro atoms. The maximum absolute atomic E-state index is 2.43. The summed E-state index contributed by atoms with van der Waals surface area (Å²) in [7, 11) is 0. The first-order chi connectivity index (χ1) is 52.6. The molecule has 496 valence electrons. The van der Waals surface area contributed by atoms with E-state index < -0.39 is 0 Å². The van der Waals surface area contributed by atoms with Crippen molar-refractivity contribution in [1.29, 1.82) is 0 Å². The minimum absolute atomic E-state index is 1.15. The van der Waals surface area contributed by atoms with Crippen molar-refractivity contribution < 1.29 is 0 Å². The molecule has 4 heteroatoms. The zero-order valence-corrected chi connectivity index (χ0v) is 58.0. The second-order valence-corrected chi connectivity index (χ2v) is 27.5. The summed E-state index contributed by atoms with van der Waals surface area (Å²) in [4.78, 5) is 0. The molecule has 4 aromatic heterocycles. The van der Waals surface area contributed by atoms with Gasteiger partial charge >= 0.3 is 0 Å². The molecule has 21 aromatic rings. The van der Waals surface area contributed by atoms with Crippen LogP contribution in [-0.4, -0.2) is 18.3 Å². The third kappa shape index (κ3) is 10.8. The van der Waals surface area contributed by atoms with E-state index in [0.29, 0.717) is 0 Å². The number of fused-ring (bicyclic) bond motifs is 12. The Morgan fingerprint density at radius 2 is 0.340 bits per heavy atom. The van der Waals surface area contributed by atoms with Gasteiger partial charge in [0.2, 0.25) is 0 Å². The van der Waals surface area contributed by atoms with E-state index in [1.54, 1.807) is 0 Å². The van der Waals surface area contributed by atoms with E-state index in [4.69, 9.17) is 0 Å². The van der Waals surface area contributed by atoms with Crippen molar-refractivity contribution in [3.8, 4) is 101 Å². The number of rotatable bonds is 11. The van der Waals surface area contributed by atoms with Crippen LogP contribution in [0.4, 0.5) is 0 Å². The molecule has 0 bridgehead atoms. The Balaban J connectivity index is 0.000000141. The fourth-order valence-corrected chi connectivity index (χ4v) is 16.5. The third-order valence-corrected chi connectivity index (χ3v) is 21.4. The van der Waals surface area contributed by atoms with Gasteiger partial charge in [-0.15, -0.1) is 0 Å². The van der Waals surface area contributed by atoms with Gasteiger partial charge in [0.1, 0.15) is 0 Å². The van der Waals surface area contributed by atoms with Crippen molar-refractivity contribution in [3.05, 3.63) is 413 Å². The average Bonchev–Trinajstić information content (AvgIpc) is 1.59. The smallest absolute Gasteiger partial charge is 0.0541 e. The molecule has 0 atom stereocenters. The highest BCUT2D eigenvalue weighted by Gasteiger charge is 2.21. The lowest BCUT2D eigenvalue weighted by Crippen LogP contribution is -1.96. The van der Waals surface area contributed by atoms with Gasteiger partial charge in [-0.3, -0.25) is 0 Å². The molecule has 0 saturated heterocycles. The number of nitrogens with zero attached hydrogens (tertiary/aromatic N) is 4. The van der Waals surface area contributed by atoms with E-state index in [1.165, 1.54) is 165 Å². The lowest BCUT2D eigenvalue weighted by atomic mass is 9.94. The standard InChI is InChI=1S/C54H36N2.C48H32N2/c1-4-15-37(16-5-1)40-21-14-22-43(33-40)55-51-25-12-10-23-46(51)49-34-41(27-31-53(49)55)42-28-32-54-50(35-42)47-24-11-13-26-52(47)56(54)44-29-30-45(38-17-6-2-7-18-38)48(36-44)39-19-8-3-9-20-39;1-3-13-33(14-4-1)35-17-11-19-39(29-35)49-45-23-9-7-21-41(45)43-31-37(25-27-47(43)49)38-26-28-48-44(32-38)42-22-8-10-24-46(42)50(48)40-20-12-18-36(30-40)34-15-5-2-6-16-34/h1-36H;1-32H. The van der Waals surface area contributed by atoms with Gasteiger partial charge in [0.05, 0.1) is 44.1 Å². The summed E-state index contributed by atoms with van der Waals surface area (Å²) in [5.41, 5.74) is 31.2. The van der Waals surface area contributed by atoms with E-state index in [9.17, 15) is 0 Å². The van der Waals surface area contributed by atoms with Gasteiger partial charge in [0.25, 0.3) is 0 Å². The van der Waals surface area contributed by atoms with Gasteiger partial charge in [0.15, 0.2) is 0 Å². The Kier molecular flexibility index (Phi) is 15.2. The molecule has 0 aliphatic carbocycles. The van der Waals surface area contributed by atoms with E-state index >= 15 is 0 Å². The quantitative estimate of drug-likeness (QED) is 0.123. The Bertz CT molecular complexity index is 6720. The summed E-state index contributed by atoms with van der Waals surface area (Å²) in [5.74, 6) is 0.